The molecule has 116 valence electrons. The van der Waals surface area contributed by atoms with Gasteiger partial charge in [0.2, 0.25) is 0 Å². The molecule has 1 aliphatic rings. The Morgan fingerprint density at radius 1 is 1.16 bits per heavy atom. The molecule has 19 heavy (non-hydrogen) atoms. The number of unbranched alkanes of at least 4 members (excludes halogenated alkanes) is 3. The van der Waals surface area contributed by atoms with Gasteiger partial charge in [-0.3, -0.25) is 4.55 Å². The lowest BCUT2D eigenvalue weighted by atomic mass is 10.1. The second-order valence-corrected chi connectivity index (χ2v) is 6.88. The van der Waals surface area contributed by atoms with Crippen molar-refractivity contribution in [2.45, 2.75) is 71.3 Å². The molecule has 1 atom stereocenters. The minimum atomic E-state index is -3.67. The molecule has 0 aromatic rings. The first-order valence-electron chi connectivity index (χ1n) is 7.55. The first-order valence-corrected chi connectivity index (χ1v) is 9.39. The molecule has 4 nitrogen and oxygen atoms in total. The van der Waals surface area contributed by atoms with Gasteiger partial charge in [0.1, 0.15) is 0 Å². The highest BCUT2D eigenvalue weighted by Gasteiger charge is 2.22. The van der Waals surface area contributed by atoms with E-state index in [1.165, 1.54) is 64.5 Å². The van der Waals surface area contributed by atoms with Crippen LogP contribution in [0.3, 0.4) is 0 Å². The SMILES string of the molecule is CCCCCCN1CCCC1CCC.CS(=O)(=O)O. The fourth-order valence-electron chi connectivity index (χ4n) is 2.59. The number of hydrogen-bond acceptors (Lipinski definition) is 3. The van der Waals surface area contributed by atoms with Crippen molar-refractivity contribution >= 4 is 10.1 Å². The molecule has 0 saturated carbocycles. The zero-order valence-corrected chi connectivity index (χ0v) is 13.6. The van der Waals surface area contributed by atoms with Crippen LogP contribution in [0.5, 0.6) is 0 Å². The molecular formula is C14H31NO3S. The molecule has 0 aliphatic carbocycles. The second-order valence-electron chi connectivity index (χ2n) is 5.41. The zero-order valence-electron chi connectivity index (χ0n) is 12.8. The number of hydrogen-bond donors (Lipinski definition) is 1. The van der Waals surface area contributed by atoms with Crippen LogP contribution in [0.25, 0.3) is 0 Å². The molecule has 5 heteroatoms. The van der Waals surface area contributed by atoms with E-state index in [1.807, 2.05) is 0 Å². The summed E-state index contributed by atoms with van der Waals surface area (Å²) in [4.78, 5) is 2.74. The topological polar surface area (TPSA) is 57.6 Å². The predicted molar refractivity (Wildman–Crippen MR) is 81.1 cm³/mol. The molecular weight excluding hydrogens is 262 g/mol. The molecule has 0 spiro atoms. The number of rotatable bonds is 7. The molecule has 1 saturated heterocycles. The van der Waals surface area contributed by atoms with Gasteiger partial charge in [-0.2, -0.15) is 8.42 Å². The zero-order chi connectivity index (χ0) is 14.7. The second kappa shape index (κ2) is 10.6. The van der Waals surface area contributed by atoms with Crippen LogP contribution in [0.2, 0.25) is 0 Å². The fraction of sp³-hybridized carbons (Fsp3) is 1.00. The third-order valence-electron chi connectivity index (χ3n) is 3.42. The van der Waals surface area contributed by atoms with E-state index in [4.69, 9.17) is 4.55 Å². The molecule has 0 aromatic heterocycles. The summed E-state index contributed by atoms with van der Waals surface area (Å²) in [7, 11) is -3.67. The molecule has 1 heterocycles. The molecule has 0 bridgehead atoms. The summed E-state index contributed by atoms with van der Waals surface area (Å²) in [5.74, 6) is 0. The molecule has 0 aromatic carbocycles. The average molecular weight is 293 g/mol. The molecule has 1 rings (SSSR count). The standard InChI is InChI=1S/C13H27N.CH4O3S/c1-3-5-6-7-11-14-12-8-10-13(14)9-4-2;1-5(2,3)4/h13H,3-12H2,1-2H3;1H3,(H,2,3,4). The van der Waals surface area contributed by atoms with Gasteiger partial charge in [0.05, 0.1) is 6.26 Å². The highest BCUT2D eigenvalue weighted by atomic mass is 32.2. The lowest BCUT2D eigenvalue weighted by molar-refractivity contribution is 0.236. The molecule has 0 radical (unpaired) electrons. The van der Waals surface area contributed by atoms with Crippen molar-refractivity contribution in [2.75, 3.05) is 19.3 Å². The largest absolute Gasteiger partial charge is 0.300 e. The van der Waals surface area contributed by atoms with Crippen molar-refractivity contribution in [3.8, 4) is 0 Å². The summed E-state index contributed by atoms with van der Waals surface area (Å²) in [6, 6.07) is 0.932. The Morgan fingerprint density at radius 2 is 1.79 bits per heavy atom. The van der Waals surface area contributed by atoms with Crippen LogP contribution in [0.4, 0.5) is 0 Å². The molecule has 1 unspecified atom stereocenters. The monoisotopic (exact) mass is 293 g/mol. The Morgan fingerprint density at radius 3 is 2.32 bits per heavy atom. The van der Waals surface area contributed by atoms with Gasteiger partial charge in [-0.15, -0.1) is 0 Å². The Labute approximate surface area is 119 Å². The third kappa shape index (κ3) is 12.6. The van der Waals surface area contributed by atoms with Crippen molar-refractivity contribution in [1.29, 1.82) is 0 Å². The summed E-state index contributed by atoms with van der Waals surface area (Å²) in [6.45, 7) is 7.34. The smallest absolute Gasteiger partial charge is 0.261 e. The van der Waals surface area contributed by atoms with E-state index in [0.717, 1.165) is 6.04 Å². The van der Waals surface area contributed by atoms with Crippen LogP contribution in [-0.4, -0.2) is 43.3 Å². The normalized spacial score (nSPS) is 20.1. The highest BCUT2D eigenvalue weighted by molar-refractivity contribution is 7.85. The average Bonchev–Trinajstić information content (AvgIpc) is 2.71. The van der Waals surface area contributed by atoms with Gasteiger partial charge in [0.25, 0.3) is 10.1 Å². The van der Waals surface area contributed by atoms with Gasteiger partial charge in [0.15, 0.2) is 0 Å². The Balaban J connectivity index is 0.000000555. The predicted octanol–water partition coefficient (Wildman–Crippen LogP) is 3.34. The minimum Gasteiger partial charge on any atom is -0.300 e. The maximum atomic E-state index is 9.19. The third-order valence-corrected chi connectivity index (χ3v) is 3.42. The molecule has 1 fully saturated rings. The lowest BCUT2D eigenvalue weighted by Gasteiger charge is -2.23. The van der Waals surface area contributed by atoms with E-state index in [1.54, 1.807) is 0 Å². The molecule has 1 aliphatic heterocycles. The van der Waals surface area contributed by atoms with E-state index in [-0.39, 0.29) is 0 Å². The van der Waals surface area contributed by atoms with Gasteiger partial charge in [-0.25, -0.2) is 0 Å². The molecule has 1 N–H and O–H groups in total. The maximum absolute atomic E-state index is 9.19. The van der Waals surface area contributed by atoms with E-state index >= 15 is 0 Å². The van der Waals surface area contributed by atoms with Crippen LogP contribution in [-0.2, 0) is 10.1 Å². The van der Waals surface area contributed by atoms with Crippen LogP contribution in [0, 0.1) is 0 Å². The first-order chi connectivity index (χ1) is 8.88. The molecule has 0 amide bonds. The summed E-state index contributed by atoms with van der Waals surface area (Å²) < 4.78 is 25.9. The fourth-order valence-corrected chi connectivity index (χ4v) is 2.59. The van der Waals surface area contributed by atoms with Gasteiger partial charge in [-0.1, -0.05) is 39.5 Å². The van der Waals surface area contributed by atoms with Crippen LogP contribution in [0.15, 0.2) is 0 Å². The van der Waals surface area contributed by atoms with Crippen molar-refractivity contribution in [3.05, 3.63) is 0 Å². The van der Waals surface area contributed by atoms with E-state index < -0.39 is 10.1 Å². The summed E-state index contributed by atoms with van der Waals surface area (Å²) >= 11 is 0. The number of likely N-dealkylation sites (tertiary alicyclic amines) is 1. The van der Waals surface area contributed by atoms with E-state index in [2.05, 4.69) is 18.7 Å². The minimum absolute atomic E-state index is 0.715. The first kappa shape index (κ1) is 18.9. The van der Waals surface area contributed by atoms with Crippen molar-refractivity contribution in [1.82, 2.24) is 4.90 Å². The Kier molecular flexibility index (Phi) is 10.6. The van der Waals surface area contributed by atoms with E-state index in [0.29, 0.717) is 6.26 Å². The van der Waals surface area contributed by atoms with Gasteiger partial charge in [0, 0.05) is 6.04 Å². The van der Waals surface area contributed by atoms with E-state index in [9.17, 15) is 8.42 Å². The van der Waals surface area contributed by atoms with Crippen LogP contribution < -0.4 is 0 Å². The Bertz CT molecular complexity index is 296. The van der Waals surface area contributed by atoms with Crippen molar-refractivity contribution < 1.29 is 13.0 Å². The highest BCUT2D eigenvalue weighted by Crippen LogP contribution is 2.21. The van der Waals surface area contributed by atoms with Crippen molar-refractivity contribution in [2.24, 2.45) is 0 Å². The quantitative estimate of drug-likeness (QED) is 0.578. The maximum Gasteiger partial charge on any atom is 0.261 e. The van der Waals surface area contributed by atoms with Gasteiger partial charge in [-0.05, 0) is 38.8 Å². The number of nitrogens with zero attached hydrogens (tertiary/aromatic N) is 1. The van der Waals surface area contributed by atoms with Gasteiger partial charge >= 0.3 is 0 Å². The lowest BCUT2D eigenvalue weighted by Crippen LogP contribution is -2.30. The van der Waals surface area contributed by atoms with Crippen molar-refractivity contribution in [3.63, 3.8) is 0 Å². The van der Waals surface area contributed by atoms with Gasteiger partial charge < -0.3 is 4.90 Å². The Hall–Kier alpha value is -0.130. The summed E-state index contributed by atoms with van der Waals surface area (Å²) in [5, 5.41) is 0. The summed E-state index contributed by atoms with van der Waals surface area (Å²) in [6.07, 6.45) is 12.0. The van der Waals surface area contributed by atoms with Crippen LogP contribution >= 0.6 is 0 Å². The summed E-state index contributed by atoms with van der Waals surface area (Å²) in [5.41, 5.74) is 0. The van der Waals surface area contributed by atoms with Crippen LogP contribution in [0.1, 0.15) is 65.2 Å².